The molecular formula is C19H18N2S. The number of benzene rings is 1. The maximum Gasteiger partial charge on any atom is 0.0871 e. The SMILES string of the molecule is C=CCc1cccc(C(=S)c2ccn3c2C(C#N)CCC3)c1. The van der Waals surface area contributed by atoms with Crippen LogP contribution in [0.4, 0.5) is 0 Å². The lowest BCUT2D eigenvalue weighted by molar-refractivity contribution is 0.503. The molecule has 0 bridgehead atoms. The lowest BCUT2D eigenvalue weighted by Crippen LogP contribution is -2.16. The van der Waals surface area contributed by atoms with Gasteiger partial charge in [-0.25, -0.2) is 0 Å². The molecule has 3 heteroatoms. The van der Waals surface area contributed by atoms with Crippen LogP contribution in [0.1, 0.15) is 41.1 Å². The molecule has 1 aromatic carbocycles. The summed E-state index contributed by atoms with van der Waals surface area (Å²) in [6.45, 7) is 4.77. The summed E-state index contributed by atoms with van der Waals surface area (Å²) in [6, 6.07) is 12.8. The van der Waals surface area contributed by atoms with Crippen LogP contribution < -0.4 is 0 Å². The van der Waals surface area contributed by atoms with Gasteiger partial charge in [-0.1, -0.05) is 36.5 Å². The Bertz CT molecular complexity index is 764. The highest BCUT2D eigenvalue weighted by atomic mass is 32.1. The highest BCUT2D eigenvalue weighted by molar-refractivity contribution is 7.81. The van der Waals surface area contributed by atoms with Gasteiger partial charge in [0.15, 0.2) is 0 Å². The van der Waals surface area contributed by atoms with Gasteiger partial charge in [-0.05, 0) is 42.5 Å². The molecule has 2 aromatic rings. The van der Waals surface area contributed by atoms with Crippen LogP contribution in [0.15, 0.2) is 49.2 Å². The number of nitriles is 1. The average molecular weight is 306 g/mol. The van der Waals surface area contributed by atoms with E-state index in [2.05, 4.69) is 41.6 Å². The minimum Gasteiger partial charge on any atom is -0.350 e. The number of nitrogens with zero attached hydrogens (tertiary/aromatic N) is 2. The molecule has 0 amide bonds. The van der Waals surface area contributed by atoms with E-state index >= 15 is 0 Å². The summed E-state index contributed by atoms with van der Waals surface area (Å²) in [7, 11) is 0. The zero-order chi connectivity index (χ0) is 15.5. The Morgan fingerprint density at radius 3 is 3.09 bits per heavy atom. The molecule has 22 heavy (non-hydrogen) atoms. The van der Waals surface area contributed by atoms with E-state index < -0.39 is 0 Å². The fourth-order valence-electron chi connectivity index (χ4n) is 3.15. The van der Waals surface area contributed by atoms with Gasteiger partial charge < -0.3 is 4.57 Å². The quantitative estimate of drug-likeness (QED) is 0.476. The summed E-state index contributed by atoms with van der Waals surface area (Å²) in [5.74, 6) is -0.0481. The number of hydrogen-bond donors (Lipinski definition) is 0. The van der Waals surface area contributed by atoms with Crippen LogP contribution in [0.3, 0.4) is 0 Å². The van der Waals surface area contributed by atoms with Crippen LogP contribution in [0.2, 0.25) is 0 Å². The Kier molecular flexibility index (Phi) is 4.22. The van der Waals surface area contributed by atoms with Crippen LogP contribution >= 0.6 is 12.2 Å². The molecule has 2 nitrogen and oxygen atoms in total. The van der Waals surface area contributed by atoms with Crippen molar-refractivity contribution in [3.8, 4) is 6.07 Å². The number of thiocarbonyl (C=S) groups is 1. The molecule has 1 unspecified atom stereocenters. The zero-order valence-electron chi connectivity index (χ0n) is 12.5. The third-order valence-corrected chi connectivity index (χ3v) is 4.65. The molecule has 0 fully saturated rings. The van der Waals surface area contributed by atoms with Gasteiger partial charge in [-0.15, -0.1) is 6.58 Å². The normalized spacial score (nSPS) is 16.6. The second kappa shape index (κ2) is 6.29. The van der Waals surface area contributed by atoms with Crippen molar-refractivity contribution in [1.82, 2.24) is 4.57 Å². The van der Waals surface area contributed by atoms with Crippen molar-refractivity contribution < 1.29 is 0 Å². The molecule has 110 valence electrons. The summed E-state index contributed by atoms with van der Waals surface area (Å²) >= 11 is 5.72. The molecule has 1 aliphatic heterocycles. The third kappa shape index (κ3) is 2.63. The second-order valence-corrected chi connectivity index (χ2v) is 6.06. The zero-order valence-corrected chi connectivity index (χ0v) is 13.3. The van der Waals surface area contributed by atoms with Gasteiger partial charge in [0.2, 0.25) is 0 Å². The van der Waals surface area contributed by atoms with E-state index in [1.807, 2.05) is 18.2 Å². The molecule has 1 atom stereocenters. The van der Waals surface area contributed by atoms with Crippen LogP contribution in [0, 0.1) is 11.3 Å². The van der Waals surface area contributed by atoms with E-state index in [0.29, 0.717) is 0 Å². The molecule has 0 radical (unpaired) electrons. The van der Waals surface area contributed by atoms with Gasteiger partial charge in [0.05, 0.1) is 16.9 Å². The Morgan fingerprint density at radius 1 is 1.45 bits per heavy atom. The van der Waals surface area contributed by atoms with E-state index in [4.69, 9.17) is 12.2 Å². The average Bonchev–Trinajstić information content (AvgIpc) is 2.99. The molecule has 1 aliphatic rings. The summed E-state index contributed by atoms with van der Waals surface area (Å²) in [5.41, 5.74) is 4.38. The molecule has 0 aliphatic carbocycles. The third-order valence-electron chi connectivity index (χ3n) is 4.20. The summed E-state index contributed by atoms with van der Waals surface area (Å²) < 4.78 is 2.19. The van der Waals surface area contributed by atoms with Crippen LogP contribution in [0.25, 0.3) is 0 Å². The van der Waals surface area contributed by atoms with Gasteiger partial charge in [0.25, 0.3) is 0 Å². The van der Waals surface area contributed by atoms with Crippen LogP contribution in [0.5, 0.6) is 0 Å². The molecular weight excluding hydrogens is 288 g/mol. The summed E-state index contributed by atoms with van der Waals surface area (Å²) in [5, 5.41) is 9.43. The fraction of sp³-hybridized carbons (Fsp3) is 0.263. The molecule has 3 rings (SSSR count). The van der Waals surface area contributed by atoms with E-state index in [1.165, 1.54) is 5.56 Å². The minimum atomic E-state index is -0.0481. The Labute approximate surface area is 136 Å². The van der Waals surface area contributed by atoms with Crippen molar-refractivity contribution in [2.45, 2.75) is 31.7 Å². The first-order valence-electron chi connectivity index (χ1n) is 7.57. The van der Waals surface area contributed by atoms with Crippen LogP contribution in [-0.2, 0) is 13.0 Å². The van der Waals surface area contributed by atoms with E-state index in [1.54, 1.807) is 0 Å². The van der Waals surface area contributed by atoms with Crippen molar-refractivity contribution in [1.29, 1.82) is 5.26 Å². The number of fused-ring (bicyclic) bond motifs is 1. The number of rotatable bonds is 4. The minimum absolute atomic E-state index is 0.0481. The van der Waals surface area contributed by atoms with Crippen molar-refractivity contribution in [3.05, 3.63) is 71.6 Å². The van der Waals surface area contributed by atoms with Crippen molar-refractivity contribution in [2.75, 3.05) is 0 Å². The standard InChI is InChI=1S/C19H18N2S/c1-2-5-14-6-3-7-15(12-14)19(22)17-9-11-21-10-4-8-16(13-20)18(17)21/h2-3,6-7,9,11-12,16H,1,4-5,8,10H2. The molecule has 0 saturated carbocycles. The van der Waals surface area contributed by atoms with Crippen LogP contribution in [-0.4, -0.2) is 9.43 Å². The number of aromatic nitrogens is 1. The molecule has 0 saturated heterocycles. The van der Waals surface area contributed by atoms with Gasteiger partial charge in [-0.2, -0.15) is 5.26 Å². The highest BCUT2D eigenvalue weighted by Gasteiger charge is 2.25. The lowest BCUT2D eigenvalue weighted by Gasteiger charge is -2.21. The van der Waals surface area contributed by atoms with Gasteiger partial charge in [0, 0.05) is 24.0 Å². The predicted octanol–water partition coefficient (Wildman–Crippen LogP) is 4.38. The molecule has 2 heterocycles. The maximum atomic E-state index is 9.43. The van der Waals surface area contributed by atoms with Gasteiger partial charge in [0.1, 0.15) is 0 Å². The second-order valence-electron chi connectivity index (χ2n) is 5.65. The van der Waals surface area contributed by atoms with E-state index in [-0.39, 0.29) is 5.92 Å². The first-order chi connectivity index (χ1) is 10.7. The maximum absolute atomic E-state index is 9.43. The molecule has 0 spiro atoms. The Morgan fingerprint density at radius 2 is 2.32 bits per heavy atom. The van der Waals surface area contributed by atoms with Gasteiger partial charge >= 0.3 is 0 Å². The number of aryl methyl sites for hydroxylation is 1. The van der Waals surface area contributed by atoms with Crippen molar-refractivity contribution in [2.24, 2.45) is 0 Å². The van der Waals surface area contributed by atoms with Gasteiger partial charge in [-0.3, -0.25) is 0 Å². The Balaban J connectivity index is 2.00. The topological polar surface area (TPSA) is 28.7 Å². The predicted molar refractivity (Wildman–Crippen MR) is 93.2 cm³/mol. The number of allylic oxidation sites excluding steroid dienone is 1. The smallest absolute Gasteiger partial charge is 0.0871 e. The monoisotopic (exact) mass is 306 g/mol. The molecule has 1 aromatic heterocycles. The van der Waals surface area contributed by atoms with E-state index in [0.717, 1.165) is 47.5 Å². The number of hydrogen-bond acceptors (Lipinski definition) is 2. The van der Waals surface area contributed by atoms with Crippen molar-refractivity contribution in [3.63, 3.8) is 0 Å². The molecule has 0 N–H and O–H groups in total. The van der Waals surface area contributed by atoms with Crippen molar-refractivity contribution >= 4 is 17.1 Å². The first kappa shape index (κ1) is 14.7. The highest BCUT2D eigenvalue weighted by Crippen LogP contribution is 2.32. The largest absolute Gasteiger partial charge is 0.350 e. The fourth-order valence-corrected chi connectivity index (χ4v) is 3.45. The Hall–Kier alpha value is -2.18. The summed E-state index contributed by atoms with van der Waals surface area (Å²) in [6.07, 6.45) is 6.78. The first-order valence-corrected chi connectivity index (χ1v) is 7.98. The van der Waals surface area contributed by atoms with E-state index in [9.17, 15) is 5.26 Å². The summed E-state index contributed by atoms with van der Waals surface area (Å²) in [4.78, 5) is 0.835. The lowest BCUT2D eigenvalue weighted by atomic mass is 9.92.